The van der Waals surface area contributed by atoms with Gasteiger partial charge in [-0.05, 0) is 66.8 Å². The summed E-state index contributed by atoms with van der Waals surface area (Å²) in [6.07, 6.45) is 6.03. The zero-order chi connectivity index (χ0) is 18.1. The van der Waals surface area contributed by atoms with Gasteiger partial charge in [-0.25, -0.2) is 4.79 Å². The molecule has 3 nitrogen and oxygen atoms in total. The fraction of sp³-hybridized carbons (Fsp3) is 0.391. The van der Waals surface area contributed by atoms with E-state index in [4.69, 9.17) is 0 Å². The molecule has 2 aromatic carbocycles. The van der Waals surface area contributed by atoms with Crippen LogP contribution in [0.5, 0.6) is 0 Å². The Morgan fingerprint density at radius 3 is 2.69 bits per heavy atom. The summed E-state index contributed by atoms with van der Waals surface area (Å²) in [5.41, 5.74) is 4.04. The number of carboxylic acids is 1. The molecule has 134 valence electrons. The predicted molar refractivity (Wildman–Crippen MR) is 101 cm³/mol. The van der Waals surface area contributed by atoms with Crippen molar-refractivity contribution in [3.8, 4) is 0 Å². The highest BCUT2D eigenvalue weighted by Gasteiger charge is 2.46. The molecule has 2 aliphatic rings. The summed E-state index contributed by atoms with van der Waals surface area (Å²) < 4.78 is 0. The smallest absolute Gasteiger partial charge is 0.335 e. The van der Waals surface area contributed by atoms with Crippen LogP contribution in [0.25, 0.3) is 0 Å². The zero-order valence-electron chi connectivity index (χ0n) is 14.9. The van der Waals surface area contributed by atoms with Gasteiger partial charge in [-0.15, -0.1) is 0 Å². The van der Waals surface area contributed by atoms with E-state index in [0.717, 1.165) is 37.7 Å². The predicted octanol–water partition coefficient (Wildman–Crippen LogP) is 4.57. The average molecular weight is 348 g/mol. The van der Waals surface area contributed by atoms with Crippen molar-refractivity contribution in [3.05, 3.63) is 70.8 Å². The molecule has 1 fully saturated rings. The van der Waals surface area contributed by atoms with Gasteiger partial charge in [0.2, 0.25) is 0 Å². The third kappa shape index (κ3) is 2.96. The highest BCUT2D eigenvalue weighted by Crippen LogP contribution is 2.50. The molecule has 2 atom stereocenters. The van der Waals surface area contributed by atoms with E-state index in [0.29, 0.717) is 30.1 Å². The van der Waals surface area contributed by atoms with Crippen LogP contribution in [0, 0.1) is 5.92 Å². The molecule has 1 saturated carbocycles. The number of aryl methyl sites for hydroxylation is 1. The molecule has 0 radical (unpaired) electrons. The second kappa shape index (κ2) is 6.71. The summed E-state index contributed by atoms with van der Waals surface area (Å²) in [5.74, 6) is -0.144. The molecule has 3 heteroatoms. The van der Waals surface area contributed by atoms with E-state index < -0.39 is 5.97 Å². The summed E-state index contributed by atoms with van der Waals surface area (Å²) in [6, 6.07) is 16.1. The lowest BCUT2D eigenvalue weighted by atomic mass is 9.59. The van der Waals surface area contributed by atoms with E-state index in [9.17, 15) is 14.7 Å². The normalized spacial score (nSPS) is 25.1. The minimum Gasteiger partial charge on any atom is -0.478 e. The number of Topliss-reactive ketones (excluding diaryl/α,β-unsaturated/α-hetero) is 1. The molecule has 4 rings (SSSR count). The number of fused-ring (bicyclic) bond motifs is 3. The van der Waals surface area contributed by atoms with E-state index in [-0.39, 0.29) is 5.41 Å². The number of carbonyl (C=O) groups excluding carboxylic acids is 1. The van der Waals surface area contributed by atoms with Crippen molar-refractivity contribution in [2.45, 2.75) is 50.4 Å². The third-order valence-electron chi connectivity index (χ3n) is 6.36. The number of ketones is 1. The van der Waals surface area contributed by atoms with Crippen LogP contribution in [0.15, 0.2) is 48.5 Å². The van der Waals surface area contributed by atoms with Crippen molar-refractivity contribution < 1.29 is 14.7 Å². The van der Waals surface area contributed by atoms with Crippen molar-refractivity contribution in [2.75, 3.05) is 0 Å². The summed E-state index contributed by atoms with van der Waals surface area (Å²) in [5, 5.41) is 9.38. The van der Waals surface area contributed by atoms with E-state index in [1.54, 1.807) is 6.07 Å². The molecule has 0 saturated heterocycles. The van der Waals surface area contributed by atoms with E-state index in [1.807, 2.05) is 18.2 Å². The van der Waals surface area contributed by atoms with Gasteiger partial charge in [0.1, 0.15) is 5.78 Å². The molecule has 2 aliphatic carbocycles. The topological polar surface area (TPSA) is 54.4 Å². The summed E-state index contributed by atoms with van der Waals surface area (Å²) in [6.45, 7) is 0. The van der Waals surface area contributed by atoms with Gasteiger partial charge in [-0.3, -0.25) is 4.79 Å². The Kier molecular flexibility index (Phi) is 4.39. The Labute approximate surface area is 154 Å². The van der Waals surface area contributed by atoms with Crippen LogP contribution < -0.4 is 0 Å². The van der Waals surface area contributed by atoms with Gasteiger partial charge in [0, 0.05) is 18.3 Å². The molecule has 0 heterocycles. The second-order valence-corrected chi connectivity index (χ2v) is 7.83. The number of aromatic carboxylic acids is 1. The lowest BCUT2D eigenvalue weighted by molar-refractivity contribution is -0.123. The molecular formula is C23H24O3. The first-order chi connectivity index (χ1) is 12.6. The van der Waals surface area contributed by atoms with Gasteiger partial charge in [0.25, 0.3) is 0 Å². The number of hydrogen-bond donors (Lipinski definition) is 1. The summed E-state index contributed by atoms with van der Waals surface area (Å²) >= 11 is 0. The van der Waals surface area contributed by atoms with Crippen molar-refractivity contribution in [3.63, 3.8) is 0 Å². The Balaban J connectivity index is 1.84. The SMILES string of the molecule is O=C1CC[C@@]2(Cc3ccccc3)c3ccc(C(=O)O)cc3CCC[C@@H]2C1. The minimum atomic E-state index is -0.871. The minimum absolute atomic E-state index is 0.0574. The quantitative estimate of drug-likeness (QED) is 0.884. The Morgan fingerprint density at radius 1 is 1.12 bits per heavy atom. The number of hydrogen-bond acceptors (Lipinski definition) is 2. The Bertz CT molecular complexity index is 840. The van der Waals surface area contributed by atoms with Gasteiger partial charge in [-0.2, -0.15) is 0 Å². The van der Waals surface area contributed by atoms with Crippen molar-refractivity contribution in [1.82, 2.24) is 0 Å². The molecular weight excluding hydrogens is 324 g/mol. The zero-order valence-corrected chi connectivity index (χ0v) is 14.9. The van der Waals surface area contributed by atoms with Gasteiger partial charge in [0.15, 0.2) is 0 Å². The number of carbonyl (C=O) groups is 2. The first kappa shape index (κ1) is 17.0. The second-order valence-electron chi connectivity index (χ2n) is 7.83. The van der Waals surface area contributed by atoms with Crippen LogP contribution in [-0.4, -0.2) is 16.9 Å². The molecule has 26 heavy (non-hydrogen) atoms. The molecule has 2 aromatic rings. The highest BCUT2D eigenvalue weighted by atomic mass is 16.4. The molecule has 0 spiro atoms. The maximum atomic E-state index is 12.2. The fourth-order valence-electron chi connectivity index (χ4n) is 5.12. The summed E-state index contributed by atoms with van der Waals surface area (Å²) in [7, 11) is 0. The van der Waals surface area contributed by atoms with Crippen molar-refractivity contribution >= 4 is 11.8 Å². The van der Waals surface area contributed by atoms with Crippen molar-refractivity contribution in [1.29, 1.82) is 0 Å². The first-order valence-electron chi connectivity index (χ1n) is 9.51. The van der Waals surface area contributed by atoms with Crippen LogP contribution in [0.3, 0.4) is 0 Å². The lowest BCUT2D eigenvalue weighted by Gasteiger charge is -2.44. The third-order valence-corrected chi connectivity index (χ3v) is 6.36. The van der Waals surface area contributed by atoms with Gasteiger partial charge >= 0.3 is 5.97 Å². The van der Waals surface area contributed by atoms with Crippen LogP contribution in [0.4, 0.5) is 0 Å². The Hall–Kier alpha value is -2.42. The van der Waals surface area contributed by atoms with Crippen molar-refractivity contribution in [2.24, 2.45) is 5.92 Å². The molecule has 0 aromatic heterocycles. The lowest BCUT2D eigenvalue weighted by Crippen LogP contribution is -2.42. The van der Waals surface area contributed by atoms with Gasteiger partial charge < -0.3 is 5.11 Å². The Morgan fingerprint density at radius 2 is 1.92 bits per heavy atom. The fourth-order valence-corrected chi connectivity index (χ4v) is 5.12. The van der Waals surface area contributed by atoms with Crippen LogP contribution >= 0.6 is 0 Å². The van der Waals surface area contributed by atoms with E-state index >= 15 is 0 Å². The van der Waals surface area contributed by atoms with Crippen LogP contribution in [-0.2, 0) is 23.1 Å². The van der Waals surface area contributed by atoms with Gasteiger partial charge in [-0.1, -0.05) is 36.4 Å². The van der Waals surface area contributed by atoms with E-state index in [1.165, 1.54) is 11.1 Å². The molecule has 1 N–H and O–H groups in total. The van der Waals surface area contributed by atoms with Crippen LogP contribution in [0.2, 0.25) is 0 Å². The monoisotopic (exact) mass is 348 g/mol. The maximum absolute atomic E-state index is 12.2. The standard InChI is InChI=1S/C23H24O3/c24-20-11-12-23(15-16-5-2-1-3-6-16)19(14-20)8-4-7-17-13-18(22(25)26)9-10-21(17)23/h1-3,5-6,9-10,13,19H,4,7-8,11-12,14-15H2,(H,25,26)/t19-,23+/m1/s1. The first-order valence-corrected chi connectivity index (χ1v) is 9.51. The largest absolute Gasteiger partial charge is 0.478 e. The van der Waals surface area contributed by atoms with E-state index in [2.05, 4.69) is 24.3 Å². The highest BCUT2D eigenvalue weighted by molar-refractivity contribution is 5.88. The number of rotatable bonds is 3. The molecule has 0 amide bonds. The molecule has 0 aliphatic heterocycles. The maximum Gasteiger partial charge on any atom is 0.335 e. The van der Waals surface area contributed by atoms with Crippen LogP contribution in [0.1, 0.15) is 59.2 Å². The number of benzene rings is 2. The number of carboxylic acid groups (broad SMARTS) is 1. The molecule has 0 unspecified atom stereocenters. The van der Waals surface area contributed by atoms with Gasteiger partial charge in [0.05, 0.1) is 5.56 Å². The molecule has 0 bridgehead atoms. The average Bonchev–Trinajstić information content (AvgIpc) is 2.79. The summed E-state index contributed by atoms with van der Waals surface area (Å²) in [4.78, 5) is 23.6.